The number of pyridine rings is 1. The van der Waals surface area contributed by atoms with Crippen molar-refractivity contribution in [2.75, 3.05) is 7.11 Å². The van der Waals surface area contributed by atoms with Crippen molar-refractivity contribution in [2.45, 2.75) is 13.1 Å². The van der Waals surface area contributed by atoms with Gasteiger partial charge in [-0.2, -0.15) is 5.26 Å². The van der Waals surface area contributed by atoms with E-state index >= 15 is 0 Å². The molecule has 2 aromatic rings. The number of benzene rings is 1. The number of H-pyrrole nitrogens is 1. The van der Waals surface area contributed by atoms with Crippen LogP contribution in [0.15, 0.2) is 36.5 Å². The predicted octanol–water partition coefficient (Wildman–Crippen LogP) is 2.91. The Hall–Kier alpha value is -2.16. The third-order valence-corrected chi connectivity index (χ3v) is 3.21. The molecule has 102 valence electrons. The maximum atomic E-state index is 8.93. The van der Waals surface area contributed by atoms with Crippen LogP contribution in [0.2, 0.25) is 0 Å². The monoisotopic (exact) mass is 285 g/mol. The fourth-order valence-corrected chi connectivity index (χ4v) is 2.01. The van der Waals surface area contributed by atoms with Gasteiger partial charge in [0.2, 0.25) is 0 Å². The Morgan fingerprint density at radius 1 is 1.30 bits per heavy atom. The topological polar surface area (TPSA) is 60.8 Å². The van der Waals surface area contributed by atoms with E-state index in [2.05, 4.69) is 16.4 Å². The number of nitrogens with zero attached hydrogens (tertiary/aromatic N) is 1. The zero-order valence-corrected chi connectivity index (χ0v) is 12.0. The lowest BCUT2D eigenvalue weighted by molar-refractivity contribution is 0.414. The highest BCUT2D eigenvalue weighted by Crippen LogP contribution is 2.12. The molecule has 1 aromatic carbocycles. The normalized spacial score (nSPS) is 10.0. The molecule has 0 saturated carbocycles. The summed E-state index contributed by atoms with van der Waals surface area (Å²) in [6.45, 7) is 1.40. The van der Waals surface area contributed by atoms with Gasteiger partial charge in [-0.1, -0.05) is 24.4 Å². The Kier molecular flexibility index (Phi) is 4.88. The molecule has 20 heavy (non-hydrogen) atoms. The standard InChI is InChI=1S/C15H15N3OS/c1-19-14-4-2-3-11(6-14)8-17-9-12-5-13(7-16)15(20)18-10-12/h2-6,10,17H,8-9H2,1H3,(H,18,20). The summed E-state index contributed by atoms with van der Waals surface area (Å²) in [5.41, 5.74) is 2.65. The van der Waals surface area contributed by atoms with Crippen molar-refractivity contribution in [3.8, 4) is 11.8 Å². The van der Waals surface area contributed by atoms with Crippen LogP contribution < -0.4 is 10.1 Å². The molecule has 0 aliphatic heterocycles. The number of hydrogen-bond donors (Lipinski definition) is 2. The van der Waals surface area contributed by atoms with E-state index in [9.17, 15) is 0 Å². The van der Waals surface area contributed by atoms with E-state index in [1.54, 1.807) is 13.2 Å². The van der Waals surface area contributed by atoms with Gasteiger partial charge in [0.15, 0.2) is 0 Å². The third kappa shape index (κ3) is 3.67. The summed E-state index contributed by atoms with van der Waals surface area (Å²) in [4.78, 5) is 2.92. The van der Waals surface area contributed by atoms with Crippen LogP contribution in [0.25, 0.3) is 0 Å². The first-order chi connectivity index (χ1) is 9.72. The van der Waals surface area contributed by atoms with E-state index in [4.69, 9.17) is 22.2 Å². The fourth-order valence-electron chi connectivity index (χ4n) is 1.85. The average molecular weight is 285 g/mol. The Labute approximate surface area is 123 Å². The third-order valence-electron chi connectivity index (χ3n) is 2.88. The minimum atomic E-state index is 0.476. The lowest BCUT2D eigenvalue weighted by Crippen LogP contribution is -2.13. The quantitative estimate of drug-likeness (QED) is 0.829. The van der Waals surface area contributed by atoms with Crippen LogP contribution >= 0.6 is 12.2 Å². The van der Waals surface area contributed by atoms with Gasteiger partial charge >= 0.3 is 0 Å². The number of ether oxygens (including phenoxy) is 1. The molecule has 0 spiro atoms. The van der Waals surface area contributed by atoms with Crippen LogP contribution in [0.5, 0.6) is 5.75 Å². The average Bonchev–Trinajstić information content (AvgIpc) is 2.49. The largest absolute Gasteiger partial charge is 0.497 e. The molecule has 0 amide bonds. The maximum Gasteiger partial charge on any atom is 0.121 e. The first kappa shape index (κ1) is 14.3. The number of aromatic amines is 1. The molecule has 0 radical (unpaired) electrons. The molecule has 0 fully saturated rings. The van der Waals surface area contributed by atoms with Gasteiger partial charge in [-0.3, -0.25) is 0 Å². The van der Waals surface area contributed by atoms with Crippen molar-refractivity contribution in [3.05, 3.63) is 57.9 Å². The van der Waals surface area contributed by atoms with Gasteiger partial charge in [-0.15, -0.1) is 0 Å². The summed E-state index contributed by atoms with van der Waals surface area (Å²) in [7, 11) is 1.65. The number of nitriles is 1. The number of nitrogens with one attached hydrogen (secondary N) is 2. The molecule has 4 nitrogen and oxygen atoms in total. The first-order valence-corrected chi connectivity index (χ1v) is 6.59. The maximum absolute atomic E-state index is 8.93. The number of rotatable bonds is 5. The summed E-state index contributed by atoms with van der Waals surface area (Å²) in [5, 5.41) is 12.3. The van der Waals surface area contributed by atoms with E-state index in [0.29, 0.717) is 16.7 Å². The lowest BCUT2D eigenvalue weighted by atomic mass is 10.2. The van der Waals surface area contributed by atoms with Gasteiger partial charge < -0.3 is 15.0 Å². The predicted molar refractivity (Wildman–Crippen MR) is 79.9 cm³/mol. The first-order valence-electron chi connectivity index (χ1n) is 6.18. The van der Waals surface area contributed by atoms with E-state index in [-0.39, 0.29) is 0 Å². The zero-order valence-electron chi connectivity index (χ0n) is 11.1. The Morgan fingerprint density at radius 3 is 2.85 bits per heavy atom. The fraction of sp³-hybridized carbons (Fsp3) is 0.200. The van der Waals surface area contributed by atoms with Crippen molar-refractivity contribution in [1.29, 1.82) is 5.26 Å². The Morgan fingerprint density at radius 2 is 2.10 bits per heavy atom. The highest BCUT2D eigenvalue weighted by molar-refractivity contribution is 7.71. The highest BCUT2D eigenvalue weighted by atomic mass is 32.1. The number of aromatic nitrogens is 1. The van der Waals surface area contributed by atoms with E-state index < -0.39 is 0 Å². The zero-order chi connectivity index (χ0) is 14.4. The molecular weight excluding hydrogens is 270 g/mol. The molecule has 0 unspecified atom stereocenters. The van der Waals surface area contributed by atoms with Gasteiger partial charge in [0.1, 0.15) is 16.5 Å². The van der Waals surface area contributed by atoms with E-state index in [1.807, 2.05) is 30.5 Å². The van der Waals surface area contributed by atoms with E-state index in [0.717, 1.165) is 23.4 Å². The summed E-state index contributed by atoms with van der Waals surface area (Å²) in [6.07, 6.45) is 1.82. The van der Waals surface area contributed by atoms with Crippen LogP contribution in [0.1, 0.15) is 16.7 Å². The second kappa shape index (κ2) is 6.85. The molecule has 2 rings (SSSR count). The Balaban J connectivity index is 1.96. The SMILES string of the molecule is COc1cccc(CNCc2c[nH]c(=S)c(C#N)c2)c1. The van der Waals surface area contributed by atoms with Crippen molar-refractivity contribution in [1.82, 2.24) is 10.3 Å². The molecule has 0 saturated heterocycles. The second-order valence-corrected chi connectivity index (χ2v) is 4.73. The molecule has 2 N–H and O–H groups in total. The van der Waals surface area contributed by atoms with Crippen molar-refractivity contribution < 1.29 is 4.74 Å². The van der Waals surface area contributed by atoms with Gasteiger partial charge in [0.05, 0.1) is 12.7 Å². The van der Waals surface area contributed by atoms with Crippen molar-refractivity contribution >= 4 is 12.2 Å². The van der Waals surface area contributed by atoms with Crippen LogP contribution in [0.4, 0.5) is 0 Å². The van der Waals surface area contributed by atoms with Gasteiger partial charge in [0.25, 0.3) is 0 Å². The molecule has 1 heterocycles. The summed E-state index contributed by atoms with van der Waals surface area (Å²) in [6, 6.07) is 11.8. The Bertz CT molecular complexity index is 688. The molecule has 0 aliphatic rings. The molecule has 0 bridgehead atoms. The number of hydrogen-bond acceptors (Lipinski definition) is 4. The molecule has 5 heteroatoms. The van der Waals surface area contributed by atoms with Gasteiger partial charge in [-0.05, 0) is 29.3 Å². The second-order valence-electron chi connectivity index (χ2n) is 4.32. The summed E-state index contributed by atoms with van der Waals surface area (Å²) < 4.78 is 5.66. The number of methoxy groups -OCH3 is 1. The molecule has 0 aliphatic carbocycles. The van der Waals surface area contributed by atoms with Crippen LogP contribution in [-0.4, -0.2) is 12.1 Å². The summed E-state index contributed by atoms with van der Waals surface area (Å²) >= 11 is 5.02. The van der Waals surface area contributed by atoms with Gasteiger partial charge in [0, 0.05) is 19.3 Å². The minimum Gasteiger partial charge on any atom is -0.497 e. The summed E-state index contributed by atoms with van der Waals surface area (Å²) in [5.74, 6) is 0.847. The van der Waals surface area contributed by atoms with Gasteiger partial charge in [-0.25, -0.2) is 0 Å². The van der Waals surface area contributed by atoms with Crippen LogP contribution in [0.3, 0.4) is 0 Å². The highest BCUT2D eigenvalue weighted by Gasteiger charge is 1.99. The molecule has 1 aromatic heterocycles. The van der Waals surface area contributed by atoms with E-state index in [1.165, 1.54) is 0 Å². The van der Waals surface area contributed by atoms with Crippen molar-refractivity contribution in [2.24, 2.45) is 0 Å². The lowest BCUT2D eigenvalue weighted by Gasteiger charge is -2.07. The van der Waals surface area contributed by atoms with Crippen LogP contribution in [-0.2, 0) is 13.1 Å². The minimum absolute atomic E-state index is 0.476. The molecule has 0 atom stereocenters. The smallest absolute Gasteiger partial charge is 0.121 e. The van der Waals surface area contributed by atoms with Crippen LogP contribution in [0, 0.1) is 16.0 Å². The van der Waals surface area contributed by atoms with Crippen molar-refractivity contribution in [3.63, 3.8) is 0 Å². The molecular formula is C15H15N3OS.